The molecule has 9 nitrogen and oxygen atoms in total. The van der Waals surface area contributed by atoms with E-state index >= 15 is 0 Å². The fourth-order valence-corrected chi connectivity index (χ4v) is 4.26. The van der Waals surface area contributed by atoms with E-state index in [1.165, 1.54) is 18.5 Å². The molecule has 1 atom stereocenters. The Morgan fingerprint density at radius 1 is 1.31 bits per heavy atom. The van der Waals surface area contributed by atoms with E-state index in [2.05, 4.69) is 25.6 Å². The number of nitrogens with zero attached hydrogens (tertiary/aromatic N) is 5. The molecule has 3 N–H and O–H groups in total. The van der Waals surface area contributed by atoms with Gasteiger partial charge in [0.1, 0.15) is 17.4 Å². The molecule has 0 fully saturated rings. The Bertz CT molecular complexity index is 1130. The van der Waals surface area contributed by atoms with E-state index < -0.39 is 11.9 Å². The fourth-order valence-electron chi connectivity index (χ4n) is 4.26. The molecule has 0 radical (unpaired) electrons. The van der Waals surface area contributed by atoms with Gasteiger partial charge in [-0.15, -0.1) is 0 Å². The van der Waals surface area contributed by atoms with Crippen molar-refractivity contribution in [3.8, 4) is 0 Å². The third kappa shape index (κ3) is 5.05. The second-order valence-electron chi connectivity index (χ2n) is 8.44. The van der Waals surface area contributed by atoms with Gasteiger partial charge in [0, 0.05) is 50.9 Å². The topological polar surface area (TPSA) is 110 Å². The maximum atomic E-state index is 12.9. The first kappa shape index (κ1) is 24.4. The molecule has 0 spiro atoms. The summed E-state index contributed by atoms with van der Waals surface area (Å²) in [4.78, 5) is 29.3. The number of aryl methyl sites for hydroxylation is 1. The summed E-state index contributed by atoms with van der Waals surface area (Å²) in [6.07, 6.45) is 1.75. The van der Waals surface area contributed by atoms with Gasteiger partial charge in [0.2, 0.25) is 11.9 Å². The van der Waals surface area contributed by atoms with Crippen molar-refractivity contribution in [2.75, 3.05) is 35.3 Å². The van der Waals surface area contributed by atoms with Gasteiger partial charge in [0.25, 0.3) is 0 Å². The van der Waals surface area contributed by atoms with Gasteiger partial charge >= 0.3 is 6.18 Å². The predicted octanol–water partition coefficient (Wildman–Crippen LogP) is 3.13. The zero-order valence-corrected chi connectivity index (χ0v) is 19.5. The third-order valence-corrected chi connectivity index (χ3v) is 6.09. The number of anilines is 3. The summed E-state index contributed by atoms with van der Waals surface area (Å²) in [5, 5.41) is 13.8. The zero-order valence-electron chi connectivity index (χ0n) is 19.5. The van der Waals surface area contributed by atoms with Crippen molar-refractivity contribution in [1.29, 1.82) is 5.41 Å². The molecule has 2 aliphatic heterocycles. The van der Waals surface area contributed by atoms with Gasteiger partial charge in [0.05, 0.1) is 5.69 Å². The molecule has 0 aromatic carbocycles. The molecule has 0 saturated carbocycles. The molecule has 4 heterocycles. The highest BCUT2D eigenvalue weighted by atomic mass is 19.4. The lowest BCUT2D eigenvalue weighted by atomic mass is 10.0. The van der Waals surface area contributed by atoms with Gasteiger partial charge in [-0.3, -0.25) is 9.78 Å². The van der Waals surface area contributed by atoms with Crippen LogP contribution in [0.1, 0.15) is 36.7 Å². The first-order valence-electron chi connectivity index (χ1n) is 11.4. The minimum absolute atomic E-state index is 0.0797. The van der Waals surface area contributed by atoms with Crippen LogP contribution in [0.3, 0.4) is 0 Å². The number of halogens is 3. The summed E-state index contributed by atoms with van der Waals surface area (Å²) in [7, 11) is 1.87. The van der Waals surface area contributed by atoms with Crippen molar-refractivity contribution in [2.45, 2.75) is 44.9 Å². The maximum Gasteiger partial charge on any atom is 0.433 e. The molecule has 1 amide bonds. The summed E-state index contributed by atoms with van der Waals surface area (Å²) in [6, 6.07) is 2.03. The first-order valence-corrected chi connectivity index (χ1v) is 11.4. The first-order chi connectivity index (χ1) is 16.7. The molecule has 0 aliphatic carbocycles. The van der Waals surface area contributed by atoms with Crippen molar-refractivity contribution >= 4 is 29.6 Å². The van der Waals surface area contributed by atoms with E-state index in [1.807, 2.05) is 18.9 Å². The Balaban J connectivity index is 1.43. The molecule has 0 saturated heterocycles. The van der Waals surface area contributed by atoms with E-state index in [-0.39, 0.29) is 25.0 Å². The summed E-state index contributed by atoms with van der Waals surface area (Å²) < 4.78 is 37.9. The number of pyridine rings is 1. The molecule has 1 unspecified atom stereocenters. The molecular weight excluding hydrogens is 461 g/mol. The standard InChI is InChI=1S/C23H27F3N8O/c1-3-17-21(35)34-8-4-5-16-19(34)20(33(17)2)32-22(31-16)30-13-15(9-27)11-28-10-14-6-7-18(29-12-14)23(24,25)26/h6-7,9,11-12,17,27-28H,3-5,8,10,13H2,1-2H3,(H,30,31,32)/b15-11+,27-9?. The number of nitrogens with one attached hydrogen (secondary N) is 3. The Hall–Kier alpha value is -3.70. The fraction of sp³-hybridized carbons (Fsp3) is 0.435. The highest BCUT2D eigenvalue weighted by molar-refractivity contribution is 6.05. The Kier molecular flexibility index (Phi) is 6.90. The van der Waals surface area contributed by atoms with E-state index in [9.17, 15) is 18.0 Å². The van der Waals surface area contributed by atoms with Crippen molar-refractivity contribution in [2.24, 2.45) is 0 Å². The lowest BCUT2D eigenvalue weighted by Crippen LogP contribution is -2.54. The van der Waals surface area contributed by atoms with Crippen molar-refractivity contribution < 1.29 is 18.0 Å². The number of amides is 1. The van der Waals surface area contributed by atoms with E-state index in [1.54, 1.807) is 11.1 Å². The highest BCUT2D eigenvalue weighted by Crippen LogP contribution is 2.40. The molecule has 186 valence electrons. The zero-order chi connectivity index (χ0) is 25.2. The van der Waals surface area contributed by atoms with Gasteiger partial charge in [-0.2, -0.15) is 18.2 Å². The number of carbonyl (C=O) groups is 1. The van der Waals surface area contributed by atoms with E-state index in [4.69, 9.17) is 5.41 Å². The van der Waals surface area contributed by atoms with Crippen LogP contribution < -0.4 is 20.4 Å². The SMILES string of the molecule is CCC1C(=O)N2CCCc3nc(NC/C(C=N)=C/NCc4ccc(C(F)(F)F)nc4)nc(c32)N1C. The second kappa shape index (κ2) is 9.88. The molecule has 4 rings (SSSR count). The van der Waals surface area contributed by atoms with Crippen LogP contribution >= 0.6 is 0 Å². The quantitative estimate of drug-likeness (QED) is 0.490. The Labute approximate surface area is 201 Å². The summed E-state index contributed by atoms with van der Waals surface area (Å²) in [5.41, 5.74) is 1.85. The van der Waals surface area contributed by atoms with Crippen molar-refractivity contribution in [1.82, 2.24) is 20.3 Å². The molecule has 12 heteroatoms. The minimum atomic E-state index is -4.47. The maximum absolute atomic E-state index is 12.9. The lowest BCUT2D eigenvalue weighted by Gasteiger charge is -2.42. The monoisotopic (exact) mass is 488 g/mol. The number of likely N-dealkylation sites (N-methyl/N-ethyl adjacent to an activating group) is 1. The molecule has 0 bridgehead atoms. The normalized spacial score (nSPS) is 17.8. The molecular formula is C23H27F3N8O. The summed E-state index contributed by atoms with van der Waals surface area (Å²) in [5.74, 6) is 1.21. The van der Waals surface area contributed by atoms with Crippen LogP contribution in [0.2, 0.25) is 0 Å². The molecule has 2 aromatic rings. The number of aromatic nitrogens is 3. The van der Waals surface area contributed by atoms with Gasteiger partial charge in [-0.25, -0.2) is 4.98 Å². The van der Waals surface area contributed by atoms with Crippen molar-refractivity contribution in [3.63, 3.8) is 0 Å². The largest absolute Gasteiger partial charge is 0.433 e. The third-order valence-electron chi connectivity index (χ3n) is 6.09. The number of rotatable bonds is 8. The van der Waals surface area contributed by atoms with Gasteiger partial charge < -0.3 is 25.8 Å². The summed E-state index contributed by atoms with van der Waals surface area (Å²) >= 11 is 0. The molecule has 2 aromatic heterocycles. The number of carbonyl (C=O) groups excluding carboxylic acids is 1. The Morgan fingerprint density at radius 3 is 2.77 bits per heavy atom. The van der Waals surface area contributed by atoms with E-state index in [0.717, 1.165) is 36.1 Å². The van der Waals surface area contributed by atoms with Crippen LogP contribution in [0.15, 0.2) is 30.1 Å². The second-order valence-corrected chi connectivity index (χ2v) is 8.44. The van der Waals surface area contributed by atoms with Gasteiger partial charge in [0.15, 0.2) is 5.82 Å². The average molecular weight is 489 g/mol. The van der Waals surface area contributed by atoms with Gasteiger partial charge in [-0.1, -0.05) is 13.0 Å². The molecule has 35 heavy (non-hydrogen) atoms. The summed E-state index contributed by atoms with van der Waals surface area (Å²) in [6.45, 7) is 3.17. The van der Waals surface area contributed by atoms with Crippen LogP contribution in [-0.2, 0) is 23.9 Å². The Morgan fingerprint density at radius 2 is 2.11 bits per heavy atom. The van der Waals surface area contributed by atoms with Crippen LogP contribution in [0.5, 0.6) is 0 Å². The smallest absolute Gasteiger partial charge is 0.386 e. The van der Waals surface area contributed by atoms with E-state index in [0.29, 0.717) is 30.1 Å². The minimum Gasteiger partial charge on any atom is -0.386 e. The van der Waals surface area contributed by atoms with Crippen LogP contribution in [-0.4, -0.2) is 53.3 Å². The van der Waals surface area contributed by atoms with Crippen molar-refractivity contribution in [3.05, 3.63) is 47.1 Å². The molecule has 2 aliphatic rings. The predicted molar refractivity (Wildman–Crippen MR) is 127 cm³/mol. The number of alkyl halides is 3. The lowest BCUT2D eigenvalue weighted by molar-refractivity contribution is -0.141. The van der Waals surface area contributed by atoms with Crippen LogP contribution in [0.4, 0.5) is 30.6 Å². The average Bonchev–Trinajstić information content (AvgIpc) is 2.84. The highest BCUT2D eigenvalue weighted by Gasteiger charge is 2.40. The van der Waals surface area contributed by atoms with Gasteiger partial charge in [-0.05, 0) is 30.9 Å². The van der Waals surface area contributed by atoms with Crippen LogP contribution in [0.25, 0.3) is 0 Å². The number of hydrogen-bond donors (Lipinski definition) is 3. The number of hydrogen-bond acceptors (Lipinski definition) is 8. The van der Waals surface area contributed by atoms with Crippen LogP contribution in [0, 0.1) is 5.41 Å².